The Bertz CT molecular complexity index is 390. The summed E-state index contributed by atoms with van der Waals surface area (Å²) in [5.41, 5.74) is 1.39. The van der Waals surface area contributed by atoms with Gasteiger partial charge in [0.25, 0.3) is 0 Å². The summed E-state index contributed by atoms with van der Waals surface area (Å²) >= 11 is 0. The van der Waals surface area contributed by atoms with Crippen molar-refractivity contribution in [2.75, 3.05) is 33.8 Å². The minimum atomic E-state index is 0.586. The molecule has 1 N–H and O–H groups in total. The van der Waals surface area contributed by atoms with Crippen molar-refractivity contribution in [3.05, 3.63) is 29.8 Å². The molecule has 0 spiro atoms. The molecule has 0 aromatic heterocycles. The number of aryl methyl sites for hydroxylation is 1. The maximum Gasteiger partial charge on any atom is 0.118 e. The van der Waals surface area contributed by atoms with Gasteiger partial charge in [-0.3, -0.25) is 0 Å². The van der Waals surface area contributed by atoms with E-state index in [4.69, 9.17) is 4.74 Å². The third-order valence-electron chi connectivity index (χ3n) is 4.27. The summed E-state index contributed by atoms with van der Waals surface area (Å²) in [6.07, 6.45) is 3.66. The second kappa shape index (κ2) is 7.65. The van der Waals surface area contributed by atoms with Gasteiger partial charge in [-0.15, -0.1) is 0 Å². The number of hydrogen-bond donors (Lipinski definition) is 1. The topological polar surface area (TPSA) is 24.5 Å². The first-order valence-corrected chi connectivity index (χ1v) is 7.72. The summed E-state index contributed by atoms with van der Waals surface area (Å²) < 4.78 is 5.18. The van der Waals surface area contributed by atoms with Gasteiger partial charge < -0.3 is 15.0 Å². The highest BCUT2D eigenvalue weighted by Gasteiger charge is 2.19. The van der Waals surface area contributed by atoms with Crippen LogP contribution in [-0.4, -0.2) is 44.7 Å². The maximum absolute atomic E-state index is 5.18. The Balaban J connectivity index is 1.65. The van der Waals surface area contributed by atoms with Crippen molar-refractivity contribution in [1.82, 2.24) is 10.2 Å². The molecule has 20 heavy (non-hydrogen) atoms. The normalized spacial score (nSPS) is 21.1. The summed E-state index contributed by atoms with van der Waals surface area (Å²) in [6.45, 7) is 5.96. The van der Waals surface area contributed by atoms with E-state index in [1.165, 1.54) is 31.5 Å². The molecular formula is C17H28N2O. The monoisotopic (exact) mass is 276 g/mol. The zero-order valence-electron chi connectivity index (χ0n) is 13.1. The van der Waals surface area contributed by atoms with Crippen LogP contribution in [0.5, 0.6) is 5.75 Å². The molecule has 0 saturated carbocycles. The Kier molecular flexibility index (Phi) is 5.86. The van der Waals surface area contributed by atoms with Crippen LogP contribution >= 0.6 is 0 Å². The fourth-order valence-corrected chi connectivity index (χ4v) is 2.84. The van der Waals surface area contributed by atoms with Gasteiger partial charge in [-0.25, -0.2) is 0 Å². The summed E-state index contributed by atoms with van der Waals surface area (Å²) in [5, 5.41) is 3.69. The molecule has 2 atom stereocenters. The fourth-order valence-electron chi connectivity index (χ4n) is 2.84. The number of methoxy groups -OCH3 is 1. The van der Waals surface area contributed by atoms with Crippen LogP contribution in [0.4, 0.5) is 0 Å². The third kappa shape index (κ3) is 4.80. The van der Waals surface area contributed by atoms with Gasteiger partial charge in [-0.05, 0) is 69.9 Å². The molecule has 2 rings (SSSR count). The molecule has 3 nitrogen and oxygen atoms in total. The van der Waals surface area contributed by atoms with Crippen LogP contribution in [0.1, 0.15) is 25.3 Å². The number of likely N-dealkylation sites (tertiary alicyclic amines) is 1. The standard InChI is InChI=1S/C17H28N2O/c1-14(18-12-16-10-11-19(2)13-16)4-5-15-6-8-17(20-3)9-7-15/h6-9,14,16,18H,4-5,10-13H2,1-3H3. The van der Waals surface area contributed by atoms with Gasteiger partial charge in [-0.1, -0.05) is 12.1 Å². The number of nitrogens with one attached hydrogen (secondary N) is 1. The van der Waals surface area contributed by atoms with Crippen molar-refractivity contribution in [2.24, 2.45) is 5.92 Å². The summed E-state index contributed by atoms with van der Waals surface area (Å²) in [5.74, 6) is 1.77. The van der Waals surface area contributed by atoms with Gasteiger partial charge in [-0.2, -0.15) is 0 Å². The molecule has 1 aliphatic rings. The molecule has 0 aliphatic carbocycles. The van der Waals surface area contributed by atoms with E-state index >= 15 is 0 Å². The quantitative estimate of drug-likeness (QED) is 0.828. The number of rotatable bonds is 7. The molecule has 1 aromatic rings. The van der Waals surface area contributed by atoms with E-state index in [0.29, 0.717) is 6.04 Å². The van der Waals surface area contributed by atoms with Gasteiger partial charge in [0.2, 0.25) is 0 Å². The second-order valence-corrected chi connectivity index (χ2v) is 6.11. The lowest BCUT2D eigenvalue weighted by Crippen LogP contribution is -2.32. The van der Waals surface area contributed by atoms with Crippen LogP contribution < -0.4 is 10.1 Å². The van der Waals surface area contributed by atoms with Gasteiger partial charge >= 0.3 is 0 Å². The summed E-state index contributed by atoms with van der Waals surface area (Å²) in [4.78, 5) is 2.42. The highest BCUT2D eigenvalue weighted by atomic mass is 16.5. The molecule has 1 saturated heterocycles. The van der Waals surface area contributed by atoms with E-state index in [9.17, 15) is 0 Å². The Morgan fingerprint density at radius 1 is 1.35 bits per heavy atom. The van der Waals surface area contributed by atoms with Crippen molar-refractivity contribution < 1.29 is 4.74 Å². The molecule has 1 heterocycles. The zero-order valence-corrected chi connectivity index (χ0v) is 13.1. The SMILES string of the molecule is COc1ccc(CCC(C)NCC2CCN(C)C2)cc1. The zero-order chi connectivity index (χ0) is 14.4. The van der Waals surface area contributed by atoms with Crippen molar-refractivity contribution in [1.29, 1.82) is 0 Å². The van der Waals surface area contributed by atoms with Crippen LogP contribution in [0.2, 0.25) is 0 Å². The lowest BCUT2D eigenvalue weighted by Gasteiger charge is -2.17. The average Bonchev–Trinajstić information content (AvgIpc) is 2.89. The fraction of sp³-hybridized carbons (Fsp3) is 0.647. The smallest absolute Gasteiger partial charge is 0.118 e. The number of hydrogen-bond acceptors (Lipinski definition) is 3. The summed E-state index contributed by atoms with van der Waals surface area (Å²) in [7, 11) is 3.93. The molecule has 2 unspecified atom stereocenters. The van der Waals surface area contributed by atoms with Crippen LogP contribution in [0.3, 0.4) is 0 Å². The molecule has 1 fully saturated rings. The van der Waals surface area contributed by atoms with Crippen molar-refractivity contribution in [2.45, 2.75) is 32.2 Å². The first-order chi connectivity index (χ1) is 9.67. The summed E-state index contributed by atoms with van der Waals surface area (Å²) in [6, 6.07) is 9.00. The predicted octanol–water partition coefficient (Wildman–Crippen LogP) is 2.56. The molecule has 1 aromatic carbocycles. The Morgan fingerprint density at radius 2 is 2.10 bits per heavy atom. The second-order valence-electron chi connectivity index (χ2n) is 6.11. The van der Waals surface area contributed by atoms with Crippen molar-refractivity contribution in [3.8, 4) is 5.75 Å². The van der Waals surface area contributed by atoms with Crippen LogP contribution in [-0.2, 0) is 6.42 Å². The largest absolute Gasteiger partial charge is 0.497 e. The molecule has 0 radical (unpaired) electrons. The third-order valence-corrected chi connectivity index (χ3v) is 4.27. The van der Waals surface area contributed by atoms with E-state index in [1.807, 2.05) is 12.1 Å². The Hall–Kier alpha value is -1.06. The highest BCUT2D eigenvalue weighted by molar-refractivity contribution is 5.27. The van der Waals surface area contributed by atoms with Crippen LogP contribution in [0, 0.1) is 5.92 Å². The number of benzene rings is 1. The molecule has 0 amide bonds. The highest BCUT2D eigenvalue weighted by Crippen LogP contribution is 2.15. The molecule has 0 bridgehead atoms. The first-order valence-electron chi connectivity index (χ1n) is 7.72. The molecule has 112 valence electrons. The average molecular weight is 276 g/mol. The number of ether oxygens (including phenoxy) is 1. The lowest BCUT2D eigenvalue weighted by molar-refractivity contribution is 0.378. The van der Waals surface area contributed by atoms with E-state index in [0.717, 1.165) is 24.6 Å². The molecule has 3 heteroatoms. The predicted molar refractivity (Wildman–Crippen MR) is 84.4 cm³/mol. The Morgan fingerprint density at radius 3 is 2.70 bits per heavy atom. The molecular weight excluding hydrogens is 248 g/mol. The van der Waals surface area contributed by atoms with E-state index in [-0.39, 0.29) is 0 Å². The minimum Gasteiger partial charge on any atom is -0.497 e. The maximum atomic E-state index is 5.18. The van der Waals surface area contributed by atoms with E-state index in [2.05, 4.69) is 36.3 Å². The van der Waals surface area contributed by atoms with Gasteiger partial charge in [0.05, 0.1) is 7.11 Å². The first kappa shape index (κ1) is 15.3. The van der Waals surface area contributed by atoms with Gasteiger partial charge in [0.1, 0.15) is 5.75 Å². The van der Waals surface area contributed by atoms with Gasteiger partial charge in [0.15, 0.2) is 0 Å². The van der Waals surface area contributed by atoms with Gasteiger partial charge in [0, 0.05) is 12.6 Å². The van der Waals surface area contributed by atoms with Crippen molar-refractivity contribution >= 4 is 0 Å². The van der Waals surface area contributed by atoms with Crippen LogP contribution in [0.15, 0.2) is 24.3 Å². The minimum absolute atomic E-state index is 0.586. The van der Waals surface area contributed by atoms with E-state index < -0.39 is 0 Å². The lowest BCUT2D eigenvalue weighted by atomic mass is 10.0. The number of nitrogens with zero attached hydrogens (tertiary/aromatic N) is 1. The van der Waals surface area contributed by atoms with Crippen molar-refractivity contribution in [3.63, 3.8) is 0 Å². The van der Waals surface area contributed by atoms with Crippen LogP contribution in [0.25, 0.3) is 0 Å². The van der Waals surface area contributed by atoms with E-state index in [1.54, 1.807) is 7.11 Å². The molecule has 1 aliphatic heterocycles. The Labute approximate surface area is 123 Å².